The van der Waals surface area contributed by atoms with Gasteiger partial charge < -0.3 is 10.2 Å². The number of anilines is 1. The van der Waals surface area contributed by atoms with Crippen molar-refractivity contribution in [1.29, 1.82) is 0 Å². The molecule has 1 N–H and O–H groups in total. The Morgan fingerprint density at radius 1 is 1.09 bits per heavy atom. The van der Waals surface area contributed by atoms with Gasteiger partial charge in [-0.2, -0.15) is 0 Å². The predicted octanol–water partition coefficient (Wildman–Crippen LogP) is 4.14. The van der Waals surface area contributed by atoms with Gasteiger partial charge in [0.1, 0.15) is 10.6 Å². The van der Waals surface area contributed by atoms with Gasteiger partial charge in [0.05, 0.1) is 11.7 Å². The van der Waals surface area contributed by atoms with Gasteiger partial charge in [0.15, 0.2) is 0 Å². The molecule has 0 unspecified atom stereocenters. The van der Waals surface area contributed by atoms with Gasteiger partial charge in [-0.3, -0.25) is 14.2 Å². The highest BCUT2D eigenvalue weighted by Gasteiger charge is 2.15. The number of thiophene rings is 1. The average molecular weight is 474 g/mol. The molecule has 4 aromatic rings. The van der Waals surface area contributed by atoms with E-state index < -0.39 is 0 Å². The van der Waals surface area contributed by atoms with Crippen molar-refractivity contribution in [3.8, 4) is 11.1 Å². The highest BCUT2D eigenvalue weighted by atomic mass is 32.1. The molecule has 1 aliphatic heterocycles. The highest BCUT2D eigenvalue weighted by Crippen LogP contribution is 2.30. The van der Waals surface area contributed by atoms with E-state index in [-0.39, 0.29) is 24.4 Å². The second kappa shape index (κ2) is 9.77. The zero-order valence-corrected chi connectivity index (χ0v) is 20.0. The number of aromatic nitrogens is 3. The van der Waals surface area contributed by atoms with Crippen molar-refractivity contribution < 1.29 is 4.79 Å². The Kier molecular flexibility index (Phi) is 6.40. The largest absolute Gasteiger partial charge is 0.357 e. The summed E-state index contributed by atoms with van der Waals surface area (Å²) in [5, 5.41) is 5.51. The summed E-state index contributed by atoms with van der Waals surface area (Å²) < 4.78 is 1.53. The molecule has 1 amide bonds. The maximum Gasteiger partial charge on any atom is 0.262 e. The number of hydrogen-bond donors (Lipinski definition) is 1. The number of rotatable bonds is 7. The van der Waals surface area contributed by atoms with Crippen LogP contribution >= 0.6 is 11.3 Å². The standard InChI is InChI=1S/C26H27N5O2S/c1-18-4-7-20(8-5-18)21-16-34-25-24(21)26(33)31(17-29-25)13-10-23(32)28-15-19-6-9-22(27-14-19)30-11-2-3-12-30/h4-9,14,16-17H,2-3,10-13,15H2,1H3,(H,28,32). The van der Waals surface area contributed by atoms with Gasteiger partial charge in [0.25, 0.3) is 5.56 Å². The van der Waals surface area contributed by atoms with Crippen LogP contribution in [0, 0.1) is 6.92 Å². The zero-order valence-electron chi connectivity index (χ0n) is 19.2. The van der Waals surface area contributed by atoms with Crippen LogP contribution in [-0.2, 0) is 17.9 Å². The van der Waals surface area contributed by atoms with Crippen LogP contribution in [0.1, 0.15) is 30.4 Å². The number of aryl methyl sites for hydroxylation is 2. The van der Waals surface area contributed by atoms with Gasteiger partial charge in [-0.25, -0.2) is 9.97 Å². The summed E-state index contributed by atoms with van der Waals surface area (Å²) in [6.45, 7) is 4.85. The lowest BCUT2D eigenvalue weighted by atomic mass is 10.1. The molecule has 5 rings (SSSR count). The monoisotopic (exact) mass is 473 g/mol. The van der Waals surface area contributed by atoms with E-state index in [0.29, 0.717) is 16.8 Å². The van der Waals surface area contributed by atoms with Crippen molar-refractivity contribution >= 4 is 33.3 Å². The van der Waals surface area contributed by atoms with E-state index in [1.165, 1.54) is 40.6 Å². The van der Waals surface area contributed by atoms with E-state index in [4.69, 9.17) is 0 Å². The Morgan fingerprint density at radius 3 is 2.62 bits per heavy atom. The Morgan fingerprint density at radius 2 is 1.88 bits per heavy atom. The van der Waals surface area contributed by atoms with Crippen molar-refractivity contribution in [2.24, 2.45) is 0 Å². The van der Waals surface area contributed by atoms with Gasteiger partial charge in [0, 0.05) is 49.7 Å². The second-order valence-electron chi connectivity index (χ2n) is 8.68. The van der Waals surface area contributed by atoms with E-state index in [1.54, 1.807) is 0 Å². The van der Waals surface area contributed by atoms with Gasteiger partial charge in [-0.15, -0.1) is 11.3 Å². The SMILES string of the molecule is Cc1ccc(-c2csc3ncn(CCC(=O)NCc4ccc(N5CCCC5)nc4)c(=O)c23)cc1. The molecule has 174 valence electrons. The van der Waals surface area contributed by atoms with E-state index >= 15 is 0 Å². The number of pyridine rings is 1. The zero-order chi connectivity index (χ0) is 23.5. The molecule has 8 heteroatoms. The van der Waals surface area contributed by atoms with Crippen LogP contribution in [0.4, 0.5) is 5.82 Å². The fourth-order valence-corrected chi connectivity index (χ4v) is 5.14. The van der Waals surface area contributed by atoms with Crippen molar-refractivity contribution in [3.63, 3.8) is 0 Å². The molecular weight excluding hydrogens is 446 g/mol. The van der Waals surface area contributed by atoms with Crippen molar-refractivity contribution in [3.05, 3.63) is 75.8 Å². The minimum atomic E-state index is -0.115. The third-order valence-electron chi connectivity index (χ3n) is 6.23. The molecule has 0 saturated carbocycles. The number of carbonyl (C=O) groups excluding carboxylic acids is 1. The van der Waals surface area contributed by atoms with Crippen molar-refractivity contribution in [2.45, 2.75) is 39.3 Å². The van der Waals surface area contributed by atoms with E-state index in [0.717, 1.165) is 35.6 Å². The summed E-state index contributed by atoms with van der Waals surface area (Å²) >= 11 is 1.46. The van der Waals surface area contributed by atoms with Crippen molar-refractivity contribution in [2.75, 3.05) is 18.0 Å². The quantitative estimate of drug-likeness (QED) is 0.436. The molecule has 1 aliphatic rings. The van der Waals surface area contributed by atoms with Crippen LogP contribution in [0.3, 0.4) is 0 Å². The lowest BCUT2D eigenvalue weighted by Gasteiger charge is -2.16. The normalized spacial score (nSPS) is 13.5. The fourth-order valence-electron chi connectivity index (χ4n) is 4.24. The summed E-state index contributed by atoms with van der Waals surface area (Å²) in [5.74, 6) is 0.882. The number of nitrogens with zero attached hydrogens (tertiary/aromatic N) is 4. The molecule has 7 nitrogen and oxygen atoms in total. The van der Waals surface area contributed by atoms with Crippen LogP contribution in [0.5, 0.6) is 0 Å². The number of carbonyl (C=O) groups is 1. The average Bonchev–Trinajstić information content (AvgIpc) is 3.54. The summed E-state index contributed by atoms with van der Waals surface area (Å²) in [5.41, 5.74) is 3.90. The Hall–Kier alpha value is -3.52. The van der Waals surface area contributed by atoms with Crippen LogP contribution < -0.4 is 15.8 Å². The number of fused-ring (bicyclic) bond motifs is 1. The molecule has 34 heavy (non-hydrogen) atoms. The molecule has 0 radical (unpaired) electrons. The molecule has 1 saturated heterocycles. The smallest absolute Gasteiger partial charge is 0.262 e. The number of benzene rings is 1. The highest BCUT2D eigenvalue weighted by molar-refractivity contribution is 7.17. The third kappa shape index (κ3) is 4.72. The second-order valence-corrected chi connectivity index (χ2v) is 9.54. The van der Waals surface area contributed by atoms with Crippen LogP contribution in [0.15, 0.2) is 59.1 Å². The summed E-state index contributed by atoms with van der Waals surface area (Å²) in [4.78, 5) is 37.6. The lowest BCUT2D eigenvalue weighted by Crippen LogP contribution is -2.27. The molecule has 3 aromatic heterocycles. The number of amides is 1. The number of hydrogen-bond acceptors (Lipinski definition) is 6. The van der Waals surface area contributed by atoms with Crippen LogP contribution in [0.25, 0.3) is 21.3 Å². The first-order valence-corrected chi connectivity index (χ1v) is 12.5. The van der Waals surface area contributed by atoms with Gasteiger partial charge >= 0.3 is 0 Å². The number of nitrogens with one attached hydrogen (secondary N) is 1. The molecule has 0 bridgehead atoms. The molecule has 0 aliphatic carbocycles. The van der Waals surface area contributed by atoms with Crippen molar-refractivity contribution in [1.82, 2.24) is 19.9 Å². The Balaban J connectivity index is 1.22. The summed E-state index contributed by atoms with van der Waals surface area (Å²) in [6, 6.07) is 12.1. The van der Waals surface area contributed by atoms with E-state index in [9.17, 15) is 9.59 Å². The van der Waals surface area contributed by atoms with Crippen LogP contribution in [-0.4, -0.2) is 33.5 Å². The van der Waals surface area contributed by atoms with Gasteiger partial charge in [0.2, 0.25) is 5.91 Å². The van der Waals surface area contributed by atoms with Crippen LogP contribution in [0.2, 0.25) is 0 Å². The summed E-state index contributed by atoms with van der Waals surface area (Å²) in [7, 11) is 0. The first kappa shape index (κ1) is 22.3. The molecule has 4 heterocycles. The summed E-state index contributed by atoms with van der Waals surface area (Å²) in [6.07, 6.45) is 5.99. The Labute approximate surface area is 202 Å². The molecule has 1 aromatic carbocycles. The van der Waals surface area contributed by atoms with Gasteiger partial charge in [-0.1, -0.05) is 35.9 Å². The predicted molar refractivity (Wildman–Crippen MR) is 136 cm³/mol. The minimum Gasteiger partial charge on any atom is -0.357 e. The topological polar surface area (TPSA) is 80.1 Å². The first-order valence-electron chi connectivity index (χ1n) is 11.6. The fraction of sp³-hybridized carbons (Fsp3) is 0.308. The van der Waals surface area contributed by atoms with Gasteiger partial charge in [-0.05, 0) is 37.0 Å². The lowest BCUT2D eigenvalue weighted by molar-refractivity contribution is -0.121. The minimum absolute atomic E-state index is 0.111. The molecular formula is C26H27N5O2S. The first-order chi connectivity index (χ1) is 16.6. The molecule has 0 atom stereocenters. The van der Waals surface area contributed by atoms with E-state index in [2.05, 4.69) is 20.2 Å². The molecule has 1 fully saturated rings. The third-order valence-corrected chi connectivity index (χ3v) is 7.12. The maximum absolute atomic E-state index is 13.2. The van der Waals surface area contributed by atoms with E-state index in [1.807, 2.05) is 54.9 Å². The molecule has 0 spiro atoms. The maximum atomic E-state index is 13.2. The Bertz CT molecular complexity index is 1350.